The van der Waals surface area contributed by atoms with E-state index in [0.29, 0.717) is 37.8 Å². The predicted molar refractivity (Wildman–Crippen MR) is 313 cm³/mol. The molecule has 2 fully saturated rings. The Labute approximate surface area is 505 Å². The maximum atomic E-state index is 14.1. The molecule has 482 valence electrons. The van der Waals surface area contributed by atoms with Gasteiger partial charge in [-0.3, -0.25) is 57.7 Å². The molecule has 27 nitrogen and oxygen atoms in total. The molecule has 2 heterocycles. The van der Waals surface area contributed by atoms with Gasteiger partial charge in [0.25, 0.3) is 27.7 Å². The van der Waals surface area contributed by atoms with Crippen molar-refractivity contribution in [2.24, 2.45) is 23.7 Å². The summed E-state index contributed by atoms with van der Waals surface area (Å²) in [6.07, 6.45) is 2.93. The number of likely N-dealkylation sites (N-methyl/N-ethyl adjacent to an activating group) is 2. The minimum absolute atomic E-state index is 0.00976. The second kappa shape index (κ2) is 34.2. The van der Waals surface area contributed by atoms with Gasteiger partial charge in [-0.2, -0.15) is 0 Å². The van der Waals surface area contributed by atoms with Gasteiger partial charge < -0.3 is 60.1 Å². The van der Waals surface area contributed by atoms with E-state index in [0.717, 1.165) is 4.90 Å². The van der Waals surface area contributed by atoms with Crippen LogP contribution in [0.2, 0.25) is 0 Å². The topological polar surface area (TPSA) is 336 Å². The first-order valence-electron chi connectivity index (χ1n) is 29.2. The molecular formula is C58H92N10O17S. The Hall–Kier alpha value is -6.43. The lowest BCUT2D eigenvalue weighted by Crippen LogP contribution is -2.55. The van der Waals surface area contributed by atoms with E-state index in [1.807, 2.05) is 32.4 Å². The Kier molecular flexibility index (Phi) is 28.7. The minimum Gasteiger partial charge on any atom is -0.379 e. The van der Waals surface area contributed by atoms with E-state index in [1.54, 1.807) is 51.7 Å². The van der Waals surface area contributed by atoms with Crippen LogP contribution in [0, 0.1) is 23.7 Å². The van der Waals surface area contributed by atoms with Gasteiger partial charge in [-0.25, -0.2) is 13.1 Å². The first kappa shape index (κ1) is 72.0. The van der Waals surface area contributed by atoms with Crippen LogP contribution in [0.1, 0.15) is 92.6 Å². The largest absolute Gasteiger partial charge is 0.379 e. The molecule has 0 bridgehead atoms. The van der Waals surface area contributed by atoms with Gasteiger partial charge in [-0.15, -0.1) is 0 Å². The number of carbonyl (C=O) groups is 10. The zero-order chi connectivity index (χ0) is 64.1. The first-order valence-corrected chi connectivity index (χ1v) is 30.7. The summed E-state index contributed by atoms with van der Waals surface area (Å²) in [6.45, 7) is 13.1. The van der Waals surface area contributed by atoms with Crippen LogP contribution in [0.3, 0.4) is 0 Å². The molecule has 1 aromatic rings. The molecule has 28 heteroatoms. The second-order valence-corrected chi connectivity index (χ2v) is 24.7. The molecule has 1 aromatic carbocycles. The summed E-state index contributed by atoms with van der Waals surface area (Å²) in [6, 6.07) is 3.13. The highest BCUT2D eigenvalue weighted by Gasteiger charge is 2.46. The van der Waals surface area contributed by atoms with E-state index < -0.39 is 100 Å². The third kappa shape index (κ3) is 21.2. The van der Waals surface area contributed by atoms with E-state index >= 15 is 0 Å². The van der Waals surface area contributed by atoms with Crippen molar-refractivity contribution >= 4 is 69.1 Å². The van der Waals surface area contributed by atoms with E-state index in [1.165, 1.54) is 55.5 Å². The summed E-state index contributed by atoms with van der Waals surface area (Å²) < 4.78 is 56.6. The number of hydrogen-bond acceptors (Lipinski definition) is 18. The van der Waals surface area contributed by atoms with Gasteiger partial charge in [0.15, 0.2) is 0 Å². The number of nitrogens with one attached hydrogen (secondary N) is 6. The van der Waals surface area contributed by atoms with E-state index in [2.05, 4.69) is 26.6 Å². The highest BCUT2D eigenvalue weighted by Crippen LogP contribution is 2.45. The van der Waals surface area contributed by atoms with Crippen molar-refractivity contribution in [1.29, 1.82) is 0 Å². The molecule has 2 aliphatic heterocycles. The normalized spacial score (nSPS) is 17.7. The third-order valence-corrected chi connectivity index (χ3v) is 16.8. The van der Waals surface area contributed by atoms with Crippen LogP contribution in [-0.2, 0) is 87.2 Å². The number of likely N-dealkylation sites (tertiary alicyclic amines) is 1. The van der Waals surface area contributed by atoms with Crippen LogP contribution < -0.4 is 31.3 Å². The average molecular weight is 1230 g/mol. The summed E-state index contributed by atoms with van der Waals surface area (Å²) in [7, 11) is 3.68. The number of sulfonamides is 1. The number of carbonyl (C=O) groups excluding carboxylic acids is 10. The van der Waals surface area contributed by atoms with Gasteiger partial charge in [-0.05, 0) is 75.2 Å². The van der Waals surface area contributed by atoms with Crippen LogP contribution in [0.25, 0.3) is 0 Å². The maximum Gasteiger partial charge on any atom is 0.264 e. The molecule has 2 unspecified atom stereocenters. The van der Waals surface area contributed by atoms with Crippen molar-refractivity contribution in [3.63, 3.8) is 0 Å². The molecule has 86 heavy (non-hydrogen) atoms. The summed E-state index contributed by atoms with van der Waals surface area (Å²) >= 11 is 0. The molecule has 1 aliphatic carbocycles. The molecule has 7 atom stereocenters. The minimum atomic E-state index is -4.42. The molecule has 1 saturated carbocycles. The fraction of sp³-hybridized carbons (Fsp3) is 0.690. The second-order valence-electron chi connectivity index (χ2n) is 23.0. The van der Waals surface area contributed by atoms with Gasteiger partial charge in [-0.1, -0.05) is 60.6 Å². The molecule has 0 radical (unpaired) electrons. The van der Waals surface area contributed by atoms with Crippen molar-refractivity contribution in [2.75, 3.05) is 108 Å². The van der Waals surface area contributed by atoms with E-state index in [-0.39, 0.29) is 118 Å². The van der Waals surface area contributed by atoms with Crippen molar-refractivity contribution < 1.29 is 80.0 Å². The lowest BCUT2D eigenvalue weighted by molar-refractivity contribution is -0.145. The van der Waals surface area contributed by atoms with Crippen LogP contribution in [0.4, 0.5) is 0 Å². The average Bonchev–Trinajstić information content (AvgIpc) is 1.75. The summed E-state index contributed by atoms with van der Waals surface area (Å²) in [4.78, 5) is 135. The number of nitrogens with zero attached hydrogens (tertiary/aromatic N) is 4. The van der Waals surface area contributed by atoms with Crippen LogP contribution >= 0.6 is 0 Å². The van der Waals surface area contributed by atoms with Gasteiger partial charge in [0.2, 0.25) is 41.4 Å². The highest BCUT2D eigenvalue weighted by molar-refractivity contribution is 7.90. The summed E-state index contributed by atoms with van der Waals surface area (Å²) in [5.74, 6) is -6.17. The molecule has 4 rings (SSSR count). The van der Waals surface area contributed by atoms with Gasteiger partial charge in [0, 0.05) is 46.4 Å². The van der Waals surface area contributed by atoms with Gasteiger partial charge in [0.1, 0.15) is 6.04 Å². The quantitative estimate of drug-likeness (QED) is 0.0361. The van der Waals surface area contributed by atoms with Gasteiger partial charge in [0.05, 0.1) is 119 Å². The lowest BCUT2D eigenvalue weighted by Gasteiger charge is -2.38. The standard InChI is InChI=1S/C58H92N10O17S/c1-36(2)51(62-44(69)21-26-83-28-30-85-31-29-84-27-25-68-47(72)19-20-48(68)73)56(77)60-33-45(70)63-58(22-23-58)40-15-17-41(18-16-40)86(79,80)64-46(71)34-59-55(76)39(7)54(82-12)42-14-13-24-67(42)49(74)32-43(81-11)52(37(3)4)66(10)50(75)35-61-57(78)53(38(5)6)65(8)9/h15-20,36-39,42-43,51-54H,13-14,21-35H2,1-12H3,(H,59,76)(H,60,77)(H,61,78)(H,62,69)(H,63,70)(H,64,71)/t39-,42+,43-,51?,52+,53?,54-/m1/s1. The van der Waals surface area contributed by atoms with Crippen molar-refractivity contribution in [3.8, 4) is 0 Å². The molecule has 6 N–H and O–H groups in total. The van der Waals surface area contributed by atoms with Crippen molar-refractivity contribution in [2.45, 2.75) is 134 Å². The lowest BCUT2D eigenvalue weighted by atomic mass is 9.92. The Bertz CT molecular complexity index is 2620. The monoisotopic (exact) mass is 1230 g/mol. The molecule has 0 aromatic heterocycles. The zero-order valence-electron chi connectivity index (χ0n) is 51.9. The highest BCUT2D eigenvalue weighted by atomic mass is 32.2. The molecule has 10 amide bonds. The molecule has 0 spiro atoms. The Balaban J connectivity index is 1.19. The zero-order valence-corrected chi connectivity index (χ0v) is 52.7. The SMILES string of the molecule is CO[C@H]([C@@H](C)C(=O)NCC(=O)NS(=O)(=O)c1ccc(C2(NC(=O)CNC(=O)C(NC(=O)CCOCCOCCOCCN3C(=O)C=CC3=O)C(C)C)CC2)cc1)[C@@H]1CCCN1C(=O)C[C@@H](OC)[C@H](C(C)C)N(C)C(=O)CNC(=O)C(C(C)C)N(C)C. The van der Waals surface area contributed by atoms with Gasteiger partial charge >= 0.3 is 0 Å². The van der Waals surface area contributed by atoms with Crippen LogP contribution in [0.5, 0.6) is 0 Å². The molecule has 1 saturated heterocycles. The van der Waals surface area contributed by atoms with E-state index in [4.69, 9.17) is 23.7 Å². The Morgan fingerprint density at radius 3 is 1.80 bits per heavy atom. The molecular weight excluding hydrogens is 1140 g/mol. The van der Waals surface area contributed by atoms with Crippen molar-refractivity contribution in [3.05, 3.63) is 42.0 Å². The smallest absolute Gasteiger partial charge is 0.264 e. The third-order valence-electron chi connectivity index (χ3n) is 15.4. The number of imide groups is 1. The van der Waals surface area contributed by atoms with E-state index in [9.17, 15) is 56.4 Å². The first-order chi connectivity index (χ1) is 40.6. The summed E-state index contributed by atoms with van der Waals surface area (Å²) in [5, 5.41) is 13.4. The number of benzene rings is 1. The fourth-order valence-corrected chi connectivity index (χ4v) is 11.7. The van der Waals surface area contributed by atoms with Crippen LogP contribution in [0.15, 0.2) is 41.3 Å². The van der Waals surface area contributed by atoms with Crippen molar-refractivity contribution in [1.82, 2.24) is 50.9 Å². The summed E-state index contributed by atoms with van der Waals surface area (Å²) in [5.41, 5.74) is -0.238. The number of ether oxygens (including phenoxy) is 5. The predicted octanol–water partition coefficient (Wildman–Crippen LogP) is -0.433. The number of methoxy groups -OCH3 is 2. The number of amides is 10. The Morgan fingerprint density at radius 1 is 0.686 bits per heavy atom. The van der Waals surface area contributed by atoms with Crippen LogP contribution in [-0.4, -0.2) is 231 Å². The number of rotatable bonds is 38. The fourth-order valence-electron chi connectivity index (χ4n) is 10.8. The Morgan fingerprint density at radius 2 is 1.26 bits per heavy atom. The number of hydrogen-bond donors (Lipinski definition) is 6. The maximum absolute atomic E-state index is 14.1. The molecule has 3 aliphatic rings.